The zero-order valence-corrected chi connectivity index (χ0v) is 11.0. The van der Waals surface area contributed by atoms with Gasteiger partial charge in [-0.1, -0.05) is 36.4 Å². The van der Waals surface area contributed by atoms with Gasteiger partial charge in [0, 0.05) is 0 Å². The third kappa shape index (κ3) is 3.04. The van der Waals surface area contributed by atoms with Gasteiger partial charge in [-0.3, -0.25) is 0 Å². The van der Waals surface area contributed by atoms with Crippen molar-refractivity contribution in [2.45, 2.75) is 0 Å². The van der Waals surface area contributed by atoms with Crippen molar-refractivity contribution in [3.05, 3.63) is 59.7 Å². The molecule has 0 radical (unpaired) electrons. The second-order valence-electron chi connectivity index (χ2n) is 4.13. The molecule has 0 N–H and O–H groups in total. The molecular weight excluding hydrogens is 248 g/mol. The van der Waals surface area contributed by atoms with Gasteiger partial charge in [-0.25, -0.2) is 0 Å². The summed E-state index contributed by atoms with van der Waals surface area (Å²) in [6, 6.07) is 19.2. The average molecular weight is 260 g/mol. The van der Waals surface area contributed by atoms with E-state index in [9.17, 15) is 0 Å². The van der Waals surface area contributed by atoms with Gasteiger partial charge in [0.15, 0.2) is 0 Å². The maximum absolute atomic E-state index is 8.72. The molecule has 2 rings (SSSR count). The average Bonchev–Trinajstić information content (AvgIpc) is 2.53. The van der Waals surface area contributed by atoms with Crippen LogP contribution in [0, 0.1) is 22.7 Å². The standard InChI is InChI=1S/C17H12N2O/c1-20-17-8-6-16(7-9-17)15-4-2-13(3-5-15)10-14(11-18)12-19/h2-10H,1H3. The van der Waals surface area contributed by atoms with Crippen LogP contribution < -0.4 is 4.74 Å². The molecule has 0 bridgehead atoms. The minimum Gasteiger partial charge on any atom is -0.497 e. The van der Waals surface area contributed by atoms with Crippen molar-refractivity contribution in [2.75, 3.05) is 7.11 Å². The lowest BCUT2D eigenvalue weighted by Gasteiger charge is -2.04. The summed E-state index contributed by atoms with van der Waals surface area (Å²) in [5.74, 6) is 0.820. The van der Waals surface area contributed by atoms with Gasteiger partial charge in [0.25, 0.3) is 0 Å². The second kappa shape index (κ2) is 6.22. The molecule has 3 nitrogen and oxygen atoms in total. The van der Waals surface area contributed by atoms with Gasteiger partial charge in [-0.2, -0.15) is 10.5 Å². The Morgan fingerprint density at radius 3 is 1.85 bits per heavy atom. The molecule has 0 fully saturated rings. The van der Waals surface area contributed by atoms with Gasteiger partial charge in [-0.05, 0) is 34.9 Å². The number of hydrogen-bond donors (Lipinski definition) is 0. The van der Waals surface area contributed by atoms with E-state index in [1.807, 2.05) is 60.7 Å². The van der Waals surface area contributed by atoms with Crippen molar-refractivity contribution in [2.24, 2.45) is 0 Å². The molecule has 0 saturated heterocycles. The van der Waals surface area contributed by atoms with Gasteiger partial charge in [0.05, 0.1) is 7.11 Å². The smallest absolute Gasteiger partial charge is 0.130 e. The second-order valence-corrected chi connectivity index (χ2v) is 4.13. The fourth-order valence-electron chi connectivity index (χ4n) is 1.81. The van der Waals surface area contributed by atoms with Crippen LogP contribution in [0.4, 0.5) is 0 Å². The summed E-state index contributed by atoms with van der Waals surface area (Å²) >= 11 is 0. The Morgan fingerprint density at radius 1 is 0.900 bits per heavy atom. The summed E-state index contributed by atoms with van der Waals surface area (Å²) in [6.07, 6.45) is 1.57. The van der Waals surface area contributed by atoms with Crippen LogP contribution >= 0.6 is 0 Å². The summed E-state index contributed by atoms with van der Waals surface area (Å²) in [7, 11) is 1.64. The summed E-state index contributed by atoms with van der Waals surface area (Å²) < 4.78 is 5.12. The first-order valence-electron chi connectivity index (χ1n) is 6.03. The van der Waals surface area contributed by atoms with Gasteiger partial charge in [0.2, 0.25) is 0 Å². The summed E-state index contributed by atoms with van der Waals surface area (Å²) in [6.45, 7) is 0. The molecule has 0 aliphatic rings. The first kappa shape index (κ1) is 13.4. The molecular formula is C17H12N2O. The largest absolute Gasteiger partial charge is 0.497 e. The van der Waals surface area contributed by atoms with Crippen molar-refractivity contribution in [3.63, 3.8) is 0 Å². The van der Waals surface area contributed by atoms with Crippen LogP contribution in [0.15, 0.2) is 54.1 Å². The molecule has 20 heavy (non-hydrogen) atoms. The molecule has 0 unspecified atom stereocenters. The van der Waals surface area contributed by atoms with Crippen LogP contribution in [-0.2, 0) is 0 Å². The molecule has 2 aromatic carbocycles. The van der Waals surface area contributed by atoms with E-state index in [0.717, 1.165) is 22.4 Å². The third-order valence-corrected chi connectivity index (χ3v) is 2.89. The van der Waals surface area contributed by atoms with Crippen molar-refractivity contribution < 1.29 is 4.74 Å². The topological polar surface area (TPSA) is 56.8 Å². The summed E-state index contributed by atoms with van der Waals surface area (Å²) in [4.78, 5) is 0. The van der Waals surface area contributed by atoms with E-state index in [-0.39, 0.29) is 5.57 Å². The SMILES string of the molecule is COc1ccc(-c2ccc(C=C(C#N)C#N)cc2)cc1. The van der Waals surface area contributed by atoms with E-state index in [1.165, 1.54) is 0 Å². The fraction of sp³-hybridized carbons (Fsp3) is 0.0588. The molecule has 0 spiro atoms. The highest BCUT2D eigenvalue weighted by molar-refractivity contribution is 5.68. The molecule has 0 atom stereocenters. The number of benzene rings is 2. The van der Waals surface area contributed by atoms with Crippen LogP contribution in [0.25, 0.3) is 17.2 Å². The fourth-order valence-corrected chi connectivity index (χ4v) is 1.81. The summed E-state index contributed by atoms with van der Waals surface area (Å²) in [5.41, 5.74) is 3.09. The van der Waals surface area contributed by atoms with Crippen molar-refractivity contribution in [3.8, 4) is 29.0 Å². The monoisotopic (exact) mass is 260 g/mol. The van der Waals surface area contributed by atoms with Gasteiger partial charge in [-0.15, -0.1) is 0 Å². The Hall–Kier alpha value is -3.04. The third-order valence-electron chi connectivity index (χ3n) is 2.89. The Bertz CT molecular complexity index is 683. The van der Waals surface area contributed by atoms with Crippen LogP contribution in [0.3, 0.4) is 0 Å². The number of allylic oxidation sites excluding steroid dienone is 1. The zero-order valence-electron chi connectivity index (χ0n) is 11.0. The van der Waals surface area contributed by atoms with Crippen LogP contribution in [0.2, 0.25) is 0 Å². The predicted octanol–water partition coefficient (Wildman–Crippen LogP) is 3.79. The van der Waals surface area contributed by atoms with Gasteiger partial charge in [0.1, 0.15) is 23.5 Å². The predicted molar refractivity (Wildman–Crippen MR) is 77.6 cm³/mol. The normalized spacial score (nSPS) is 9.15. The minimum atomic E-state index is 0.0993. The van der Waals surface area contributed by atoms with Crippen molar-refractivity contribution in [1.29, 1.82) is 10.5 Å². The highest BCUT2D eigenvalue weighted by Crippen LogP contribution is 2.23. The Kier molecular flexibility index (Phi) is 4.17. The number of nitrogens with zero attached hydrogens (tertiary/aromatic N) is 2. The highest BCUT2D eigenvalue weighted by atomic mass is 16.5. The zero-order chi connectivity index (χ0) is 14.4. The minimum absolute atomic E-state index is 0.0993. The Morgan fingerprint density at radius 2 is 1.40 bits per heavy atom. The molecule has 3 heteroatoms. The van der Waals surface area contributed by atoms with Crippen molar-refractivity contribution in [1.82, 2.24) is 0 Å². The molecule has 0 saturated carbocycles. The van der Waals surface area contributed by atoms with E-state index in [2.05, 4.69) is 0 Å². The van der Waals surface area contributed by atoms with Gasteiger partial charge < -0.3 is 4.74 Å². The lowest BCUT2D eigenvalue weighted by Crippen LogP contribution is -1.83. The number of rotatable bonds is 3. The molecule has 0 aliphatic carbocycles. The molecule has 2 aromatic rings. The molecule has 0 aliphatic heterocycles. The highest BCUT2D eigenvalue weighted by Gasteiger charge is 1.99. The van der Waals surface area contributed by atoms with E-state index < -0.39 is 0 Å². The van der Waals surface area contributed by atoms with Gasteiger partial charge >= 0.3 is 0 Å². The lowest BCUT2D eigenvalue weighted by molar-refractivity contribution is 0.415. The number of hydrogen-bond acceptors (Lipinski definition) is 3. The lowest BCUT2D eigenvalue weighted by atomic mass is 10.0. The summed E-state index contributed by atoms with van der Waals surface area (Å²) in [5, 5.41) is 17.4. The van der Waals surface area contributed by atoms with Crippen LogP contribution in [0.5, 0.6) is 5.75 Å². The maximum atomic E-state index is 8.72. The van der Waals surface area contributed by atoms with Crippen molar-refractivity contribution >= 4 is 6.08 Å². The van der Waals surface area contributed by atoms with E-state index >= 15 is 0 Å². The maximum Gasteiger partial charge on any atom is 0.130 e. The molecule has 0 heterocycles. The van der Waals surface area contributed by atoms with E-state index in [0.29, 0.717) is 0 Å². The Balaban J connectivity index is 2.26. The quantitative estimate of drug-likeness (QED) is 0.789. The first-order chi connectivity index (χ1) is 9.76. The number of nitriles is 2. The van der Waals surface area contributed by atoms with Crippen LogP contribution in [-0.4, -0.2) is 7.11 Å². The van der Waals surface area contributed by atoms with E-state index in [4.69, 9.17) is 15.3 Å². The number of methoxy groups -OCH3 is 1. The molecule has 0 amide bonds. The molecule has 0 aromatic heterocycles. The van der Waals surface area contributed by atoms with E-state index in [1.54, 1.807) is 13.2 Å². The molecule has 96 valence electrons. The Labute approximate surface area is 118 Å². The number of ether oxygens (including phenoxy) is 1. The van der Waals surface area contributed by atoms with Crippen LogP contribution in [0.1, 0.15) is 5.56 Å². The first-order valence-corrected chi connectivity index (χ1v) is 6.03.